The topological polar surface area (TPSA) is 93.0 Å². The van der Waals surface area contributed by atoms with E-state index in [2.05, 4.69) is 15.5 Å². The standard InChI is InChI=1S/C25H26Cl2N3O4/c1-15-21(26)6-7-22(23(15)27)34-17-8-10-30(11-9-17)14-16(31)12-28-25(33)20-13-29-24(32)19-5-3-2-4-18(19)20/h2-7,13,16-17,31H,8-12,14H2,1H3,(H,28,33)/t16-/m1/s1. The Morgan fingerprint density at radius 1 is 1.21 bits per heavy atom. The summed E-state index contributed by atoms with van der Waals surface area (Å²) in [5.41, 5.74) is 2.07. The Morgan fingerprint density at radius 2 is 1.91 bits per heavy atom. The lowest BCUT2D eigenvalue weighted by molar-refractivity contribution is -0.116. The summed E-state index contributed by atoms with van der Waals surface area (Å²) in [6.07, 6.45) is 2.20. The van der Waals surface area contributed by atoms with Gasteiger partial charge in [0.1, 0.15) is 11.9 Å². The second-order valence-electron chi connectivity index (χ2n) is 8.49. The van der Waals surface area contributed by atoms with Crippen molar-refractivity contribution in [1.82, 2.24) is 15.5 Å². The maximum Gasteiger partial charge on any atom is 0.277 e. The van der Waals surface area contributed by atoms with E-state index in [1.807, 2.05) is 6.92 Å². The number of carbonyl (C=O) groups is 2. The van der Waals surface area contributed by atoms with Crippen molar-refractivity contribution in [3.63, 3.8) is 0 Å². The number of hydrogen-bond donors (Lipinski definition) is 2. The van der Waals surface area contributed by atoms with E-state index in [0.717, 1.165) is 31.5 Å². The number of piperidine rings is 1. The first kappa shape index (κ1) is 24.5. The zero-order valence-electron chi connectivity index (χ0n) is 18.8. The van der Waals surface area contributed by atoms with Gasteiger partial charge < -0.3 is 20.1 Å². The highest BCUT2D eigenvalue weighted by Gasteiger charge is 2.26. The van der Waals surface area contributed by atoms with E-state index < -0.39 is 6.10 Å². The first-order valence-corrected chi connectivity index (χ1v) is 11.9. The molecule has 1 fully saturated rings. The second-order valence-corrected chi connectivity index (χ2v) is 9.27. The van der Waals surface area contributed by atoms with Crippen LogP contribution in [0, 0.1) is 6.92 Å². The molecule has 2 N–H and O–H groups in total. The summed E-state index contributed by atoms with van der Waals surface area (Å²) in [6, 6.07) is 10.4. The fourth-order valence-electron chi connectivity index (χ4n) is 4.13. The van der Waals surface area contributed by atoms with Crippen molar-refractivity contribution in [2.45, 2.75) is 32.0 Å². The van der Waals surface area contributed by atoms with E-state index in [1.54, 1.807) is 36.4 Å². The van der Waals surface area contributed by atoms with Gasteiger partial charge in [-0.1, -0.05) is 41.4 Å². The molecular formula is C25H26Cl2N3O4. The number of amides is 2. The molecule has 4 rings (SSSR count). The number of carbonyl (C=O) groups excluding carboxylic acids is 2. The van der Waals surface area contributed by atoms with Gasteiger partial charge in [-0.05, 0) is 43.5 Å². The molecule has 2 aliphatic heterocycles. The summed E-state index contributed by atoms with van der Waals surface area (Å²) in [5, 5.41) is 18.1. The number of β-amino-alcohol motifs (C(OH)–C–C–N with tert-alkyl or cyclic N) is 1. The predicted molar refractivity (Wildman–Crippen MR) is 131 cm³/mol. The molecule has 34 heavy (non-hydrogen) atoms. The van der Waals surface area contributed by atoms with Crippen LogP contribution in [0.15, 0.2) is 42.6 Å². The number of nitrogens with zero attached hydrogens (tertiary/aromatic N) is 2. The Bertz CT molecular complexity index is 1110. The lowest BCUT2D eigenvalue weighted by Crippen LogP contribution is -2.45. The molecular weight excluding hydrogens is 477 g/mol. The van der Waals surface area contributed by atoms with E-state index in [4.69, 9.17) is 27.9 Å². The zero-order valence-corrected chi connectivity index (χ0v) is 20.3. The average Bonchev–Trinajstić information content (AvgIpc) is 2.84. The molecule has 2 aliphatic rings. The van der Waals surface area contributed by atoms with Gasteiger partial charge in [0.05, 0.1) is 16.7 Å². The van der Waals surface area contributed by atoms with E-state index in [9.17, 15) is 14.7 Å². The van der Waals surface area contributed by atoms with Gasteiger partial charge in [0.15, 0.2) is 0 Å². The molecule has 7 nitrogen and oxygen atoms in total. The predicted octanol–water partition coefficient (Wildman–Crippen LogP) is 3.42. The Labute approximate surface area is 208 Å². The number of rotatable bonds is 7. The molecule has 0 saturated carbocycles. The van der Waals surface area contributed by atoms with Crippen LogP contribution in [0.1, 0.15) is 34.3 Å². The van der Waals surface area contributed by atoms with Crippen LogP contribution in [0.3, 0.4) is 0 Å². The molecule has 2 aromatic rings. The number of likely N-dealkylation sites (tertiary alicyclic amines) is 1. The van der Waals surface area contributed by atoms with Crippen molar-refractivity contribution in [3.8, 4) is 5.75 Å². The largest absolute Gasteiger partial charge is 0.489 e. The molecule has 1 atom stereocenters. The number of nitrogens with one attached hydrogen (secondary N) is 1. The van der Waals surface area contributed by atoms with Gasteiger partial charge in [-0.15, -0.1) is 0 Å². The fourth-order valence-corrected chi connectivity index (χ4v) is 4.55. The average molecular weight is 503 g/mol. The van der Waals surface area contributed by atoms with Crippen LogP contribution < -0.4 is 15.4 Å². The second kappa shape index (κ2) is 10.8. The Hall–Kier alpha value is -2.58. The molecule has 1 radical (unpaired) electrons. The van der Waals surface area contributed by atoms with Crippen molar-refractivity contribution in [1.29, 1.82) is 0 Å². The Balaban J connectivity index is 1.23. The summed E-state index contributed by atoms with van der Waals surface area (Å²) in [7, 11) is 0. The van der Waals surface area contributed by atoms with E-state index in [-0.39, 0.29) is 24.5 Å². The van der Waals surface area contributed by atoms with Crippen molar-refractivity contribution in [3.05, 3.63) is 69.3 Å². The molecule has 0 aromatic heterocycles. The van der Waals surface area contributed by atoms with E-state index >= 15 is 0 Å². The van der Waals surface area contributed by atoms with Crippen LogP contribution in [0.5, 0.6) is 5.75 Å². The Kier molecular flexibility index (Phi) is 7.78. The first-order chi connectivity index (χ1) is 16.3. The number of halogens is 2. The third-order valence-corrected chi connectivity index (χ3v) is 6.96. The number of aliphatic hydroxyl groups is 1. The van der Waals surface area contributed by atoms with Crippen molar-refractivity contribution in [2.75, 3.05) is 26.2 Å². The van der Waals surface area contributed by atoms with Gasteiger partial charge in [-0.3, -0.25) is 9.59 Å². The minimum atomic E-state index is -0.729. The quantitative estimate of drug-likeness (QED) is 0.604. The van der Waals surface area contributed by atoms with Crippen LogP contribution in [-0.2, 0) is 4.79 Å². The molecule has 1 saturated heterocycles. The van der Waals surface area contributed by atoms with Gasteiger partial charge in [-0.2, -0.15) is 0 Å². The number of hydrogen-bond acceptors (Lipinski definition) is 5. The zero-order chi connectivity index (χ0) is 24.2. The molecule has 2 amide bonds. The van der Waals surface area contributed by atoms with Crippen molar-refractivity contribution < 1.29 is 19.4 Å². The highest BCUT2D eigenvalue weighted by atomic mass is 35.5. The highest BCUT2D eigenvalue weighted by Crippen LogP contribution is 2.34. The van der Waals surface area contributed by atoms with Crippen LogP contribution in [0.2, 0.25) is 10.0 Å². The summed E-state index contributed by atoms with van der Waals surface area (Å²) in [6.45, 7) is 3.92. The van der Waals surface area contributed by atoms with Crippen LogP contribution in [-0.4, -0.2) is 60.2 Å². The molecule has 9 heteroatoms. The number of benzene rings is 2. The third kappa shape index (κ3) is 5.55. The molecule has 0 spiro atoms. The van der Waals surface area contributed by atoms with Crippen LogP contribution >= 0.6 is 23.2 Å². The highest BCUT2D eigenvalue weighted by molar-refractivity contribution is 6.36. The third-order valence-electron chi connectivity index (χ3n) is 6.08. The fraction of sp³-hybridized carbons (Fsp3) is 0.360. The normalized spacial score (nSPS) is 17.4. The summed E-state index contributed by atoms with van der Waals surface area (Å²) in [5.74, 6) is -0.102. The van der Waals surface area contributed by atoms with Crippen LogP contribution in [0.4, 0.5) is 0 Å². The van der Waals surface area contributed by atoms with E-state index in [0.29, 0.717) is 39.0 Å². The first-order valence-electron chi connectivity index (χ1n) is 11.2. The van der Waals surface area contributed by atoms with Crippen LogP contribution in [0.25, 0.3) is 5.57 Å². The van der Waals surface area contributed by atoms with Crippen molar-refractivity contribution >= 4 is 40.6 Å². The lowest BCUT2D eigenvalue weighted by atomic mass is 9.96. The molecule has 0 bridgehead atoms. The minimum absolute atomic E-state index is 0.0379. The SMILES string of the molecule is Cc1c(Cl)ccc(OC2CCN(C[C@H](O)CNC(=O)C3=C[N]C(=O)c4ccccc43)CC2)c1Cl. The maximum absolute atomic E-state index is 12.6. The molecule has 2 aromatic carbocycles. The monoisotopic (exact) mass is 502 g/mol. The molecule has 0 unspecified atom stereocenters. The van der Waals surface area contributed by atoms with Gasteiger partial charge in [0.25, 0.3) is 11.8 Å². The summed E-state index contributed by atoms with van der Waals surface area (Å²) < 4.78 is 6.08. The number of aliphatic hydroxyl groups excluding tert-OH is 1. The summed E-state index contributed by atoms with van der Waals surface area (Å²) >= 11 is 12.4. The number of ether oxygens (including phenoxy) is 1. The summed E-state index contributed by atoms with van der Waals surface area (Å²) in [4.78, 5) is 26.7. The lowest BCUT2D eigenvalue weighted by Gasteiger charge is -2.33. The van der Waals surface area contributed by atoms with Gasteiger partial charge >= 0.3 is 0 Å². The molecule has 2 heterocycles. The maximum atomic E-state index is 12.6. The van der Waals surface area contributed by atoms with E-state index in [1.165, 1.54) is 6.20 Å². The molecule has 0 aliphatic carbocycles. The van der Waals surface area contributed by atoms with Gasteiger partial charge in [-0.25, -0.2) is 5.32 Å². The molecule has 179 valence electrons. The Morgan fingerprint density at radius 3 is 2.65 bits per heavy atom. The minimum Gasteiger partial charge on any atom is -0.489 e. The smallest absolute Gasteiger partial charge is 0.277 e. The van der Waals surface area contributed by atoms with Gasteiger partial charge in [0.2, 0.25) is 0 Å². The van der Waals surface area contributed by atoms with Crippen molar-refractivity contribution in [2.24, 2.45) is 0 Å². The number of fused-ring (bicyclic) bond motifs is 1. The van der Waals surface area contributed by atoms with Gasteiger partial charge in [0, 0.05) is 48.5 Å².